The molecule has 0 N–H and O–H groups in total. The lowest BCUT2D eigenvalue weighted by atomic mass is 10.1. The summed E-state index contributed by atoms with van der Waals surface area (Å²) in [6, 6.07) is 0. The second kappa shape index (κ2) is 23.4. The van der Waals surface area contributed by atoms with E-state index >= 15 is 0 Å². The van der Waals surface area contributed by atoms with Crippen LogP contribution < -0.4 is 0 Å². The Morgan fingerprint density at radius 1 is 0.370 bits per heavy atom. The van der Waals surface area contributed by atoms with Gasteiger partial charge in [-0.1, -0.05) is 97.8 Å². The average molecular weight is 514 g/mol. The molecule has 2 heteroatoms. The highest BCUT2D eigenvalue weighted by molar-refractivity contribution is 14.0. The molecule has 0 aliphatic rings. The second-order valence-electron chi connectivity index (χ2n) is 9.09. The lowest BCUT2D eigenvalue weighted by molar-refractivity contribution is 0.616. The third kappa shape index (κ3) is 21.7. The molecule has 0 spiro atoms. The zero-order chi connectivity index (χ0) is 19.3. The molecule has 0 radical (unpaired) electrons. The van der Waals surface area contributed by atoms with Gasteiger partial charge in [-0.3, -0.25) is 0 Å². The van der Waals surface area contributed by atoms with Gasteiger partial charge in [-0.2, -0.15) is 0 Å². The van der Waals surface area contributed by atoms with Crippen LogP contribution in [0.5, 0.6) is 0 Å². The maximum Gasteiger partial charge on any atom is 0.0591 e. The van der Waals surface area contributed by atoms with Crippen LogP contribution in [0.25, 0.3) is 0 Å². The van der Waals surface area contributed by atoms with Gasteiger partial charge in [0.1, 0.15) is 0 Å². The van der Waals surface area contributed by atoms with E-state index in [1.165, 1.54) is 116 Å². The lowest BCUT2D eigenvalue weighted by Crippen LogP contribution is -2.08. The molecule has 27 heavy (non-hydrogen) atoms. The Morgan fingerprint density at radius 2 is 0.593 bits per heavy atom. The van der Waals surface area contributed by atoms with Gasteiger partial charge in [0.15, 0.2) is 0 Å². The van der Waals surface area contributed by atoms with E-state index in [1.54, 1.807) is 18.5 Å². The third-order valence-electron chi connectivity index (χ3n) is 6.15. The normalized spacial score (nSPS) is 11.6. The smallest absolute Gasteiger partial charge is 0.0591 e. The lowest BCUT2D eigenvalue weighted by Gasteiger charge is -2.24. The maximum atomic E-state index is 2.73. The summed E-state index contributed by atoms with van der Waals surface area (Å²) in [5.41, 5.74) is 0. The molecule has 0 unspecified atom stereocenters. The Morgan fingerprint density at radius 3 is 0.852 bits per heavy atom. The average Bonchev–Trinajstić information content (AvgIpc) is 2.64. The minimum atomic E-state index is -0.636. The fourth-order valence-corrected chi connectivity index (χ4v) is 7.79. The first-order valence-corrected chi connectivity index (χ1v) is 15.3. The molecule has 0 saturated heterocycles. The summed E-state index contributed by atoms with van der Waals surface area (Å²) in [5.74, 6) is 0. The summed E-state index contributed by atoms with van der Waals surface area (Å²) < 4.78 is 0. The van der Waals surface area contributed by atoms with E-state index in [0.717, 1.165) is 0 Å². The molecule has 0 aliphatic carbocycles. The monoisotopic (exact) mass is 513 g/mol. The van der Waals surface area contributed by atoms with Crippen LogP contribution in [0.1, 0.15) is 136 Å². The first-order valence-electron chi connectivity index (χ1n) is 12.5. The molecule has 0 aromatic heterocycles. The fourth-order valence-electron chi connectivity index (χ4n) is 4.16. The third-order valence-corrected chi connectivity index (χ3v) is 10.3. The van der Waals surface area contributed by atoms with E-state index in [4.69, 9.17) is 0 Å². The van der Waals surface area contributed by atoms with Gasteiger partial charge in [0.05, 0.1) is 18.5 Å². The van der Waals surface area contributed by atoms with E-state index in [-0.39, 0.29) is 24.0 Å². The molecule has 0 aromatic rings. The van der Waals surface area contributed by atoms with Crippen LogP contribution >= 0.6 is 31.2 Å². The van der Waals surface area contributed by atoms with Gasteiger partial charge in [0.25, 0.3) is 0 Å². The molecule has 0 rings (SSSR count). The van der Waals surface area contributed by atoms with Crippen molar-refractivity contribution in [3.05, 3.63) is 0 Å². The summed E-state index contributed by atoms with van der Waals surface area (Å²) in [7, 11) is -0.636. The molecule has 0 nitrogen and oxygen atoms in total. The second-order valence-corrected chi connectivity index (χ2v) is 13.7. The molecule has 0 aromatic carbocycles. The van der Waals surface area contributed by atoms with Crippen molar-refractivity contribution in [2.24, 2.45) is 0 Å². The van der Waals surface area contributed by atoms with Crippen LogP contribution in [0.2, 0.25) is 0 Å². The van der Waals surface area contributed by atoms with Crippen LogP contribution in [-0.2, 0) is 0 Å². The van der Waals surface area contributed by atoms with Crippen LogP contribution in [0.4, 0.5) is 0 Å². The van der Waals surface area contributed by atoms with E-state index in [0.29, 0.717) is 0 Å². The SMILES string of the molecule is CCCCCCCC[P+](C)(CCCCCCCC)CCCCCCCC.I. The summed E-state index contributed by atoms with van der Waals surface area (Å²) in [6.45, 7) is 9.70. The van der Waals surface area contributed by atoms with Gasteiger partial charge in [-0.15, -0.1) is 24.0 Å². The highest BCUT2D eigenvalue weighted by Gasteiger charge is 2.29. The van der Waals surface area contributed by atoms with Crippen molar-refractivity contribution >= 4 is 31.2 Å². The van der Waals surface area contributed by atoms with E-state index in [1.807, 2.05) is 0 Å². The summed E-state index contributed by atoms with van der Waals surface area (Å²) in [5, 5.41) is 0. The molecule has 0 saturated carbocycles. The van der Waals surface area contributed by atoms with Crippen molar-refractivity contribution in [1.82, 2.24) is 0 Å². The quantitative estimate of drug-likeness (QED) is 0.0814. The largest absolute Gasteiger partial charge is 0.107 e. The van der Waals surface area contributed by atoms with Crippen molar-refractivity contribution in [3.8, 4) is 0 Å². The molecular formula is C25H55IP+. The van der Waals surface area contributed by atoms with E-state index in [9.17, 15) is 0 Å². The predicted molar refractivity (Wildman–Crippen MR) is 143 cm³/mol. The summed E-state index contributed by atoms with van der Waals surface area (Å²) in [6.07, 6.45) is 31.2. The number of unbranched alkanes of at least 4 members (excludes halogenated alkanes) is 15. The van der Waals surface area contributed by atoms with Gasteiger partial charge in [-0.25, -0.2) is 0 Å². The van der Waals surface area contributed by atoms with E-state index in [2.05, 4.69) is 27.4 Å². The summed E-state index contributed by atoms with van der Waals surface area (Å²) >= 11 is 0. The highest BCUT2D eigenvalue weighted by atomic mass is 127. The van der Waals surface area contributed by atoms with Crippen molar-refractivity contribution < 1.29 is 0 Å². The number of rotatable bonds is 21. The van der Waals surface area contributed by atoms with Gasteiger partial charge in [-0.05, 0) is 38.5 Å². The molecule has 0 heterocycles. The fraction of sp³-hybridized carbons (Fsp3) is 1.00. The molecule has 0 amide bonds. The molecule has 0 bridgehead atoms. The van der Waals surface area contributed by atoms with Gasteiger partial charge >= 0.3 is 0 Å². The van der Waals surface area contributed by atoms with Gasteiger partial charge in [0, 0.05) is 13.9 Å². The van der Waals surface area contributed by atoms with Gasteiger partial charge < -0.3 is 0 Å². The molecule has 166 valence electrons. The maximum absolute atomic E-state index is 2.73. The Kier molecular flexibility index (Phi) is 26.4. The van der Waals surface area contributed by atoms with Crippen LogP contribution in [0.3, 0.4) is 0 Å². The Bertz CT molecular complexity index is 226. The highest BCUT2D eigenvalue weighted by Crippen LogP contribution is 2.57. The number of halogens is 1. The van der Waals surface area contributed by atoms with E-state index < -0.39 is 7.26 Å². The molecule has 0 fully saturated rings. The van der Waals surface area contributed by atoms with Gasteiger partial charge in [0.2, 0.25) is 0 Å². The standard InChI is InChI=1S/C25H54P.HI/c1-5-8-11-14-17-20-23-26(4,24-21-18-15-12-9-6-2)25-22-19-16-13-10-7-3;/h5-25H2,1-4H3;1H/q+1;. The minimum Gasteiger partial charge on any atom is -0.107 e. The van der Waals surface area contributed by atoms with Crippen LogP contribution in [0, 0.1) is 0 Å². The topological polar surface area (TPSA) is 0 Å². The van der Waals surface area contributed by atoms with Crippen molar-refractivity contribution in [2.75, 3.05) is 25.2 Å². The zero-order valence-electron chi connectivity index (χ0n) is 19.7. The molecule has 0 atom stereocenters. The van der Waals surface area contributed by atoms with Crippen molar-refractivity contribution in [3.63, 3.8) is 0 Å². The Balaban J connectivity index is 0. The summed E-state index contributed by atoms with van der Waals surface area (Å²) in [4.78, 5) is 0. The van der Waals surface area contributed by atoms with Crippen LogP contribution in [-0.4, -0.2) is 25.2 Å². The Labute approximate surface area is 192 Å². The number of hydrogen-bond acceptors (Lipinski definition) is 0. The van der Waals surface area contributed by atoms with Crippen LogP contribution in [0.15, 0.2) is 0 Å². The predicted octanol–water partition coefficient (Wildman–Crippen LogP) is 10.3. The zero-order valence-corrected chi connectivity index (χ0v) is 22.9. The number of hydrogen-bond donors (Lipinski definition) is 0. The van der Waals surface area contributed by atoms with Crippen molar-refractivity contribution in [1.29, 1.82) is 0 Å². The minimum absolute atomic E-state index is 0. The molecule has 0 aliphatic heterocycles. The molecular weight excluding hydrogens is 458 g/mol. The van der Waals surface area contributed by atoms with Crippen molar-refractivity contribution in [2.45, 2.75) is 136 Å². The first kappa shape index (κ1) is 30.4. The Hall–Kier alpha value is 1.16. The first-order chi connectivity index (χ1) is 12.7.